The molecule has 1 aliphatic rings. The lowest BCUT2D eigenvalue weighted by atomic mass is 10.0. The first-order chi connectivity index (χ1) is 16.8. The monoisotopic (exact) mass is 497 g/mol. The molecule has 4 rings (SSSR count). The van der Waals surface area contributed by atoms with Crippen LogP contribution in [0.4, 0.5) is 10.3 Å². The summed E-state index contributed by atoms with van der Waals surface area (Å²) in [7, 11) is 0. The Bertz CT molecular complexity index is 1160. The second-order valence-corrected chi connectivity index (χ2v) is 10.4. The lowest BCUT2D eigenvalue weighted by Gasteiger charge is -2.37. The number of benzene rings is 2. The fraction of sp³-hybridized carbons (Fsp3) is 0.385. The van der Waals surface area contributed by atoms with Crippen molar-refractivity contribution in [2.45, 2.75) is 43.8 Å². The molecule has 9 heteroatoms. The number of rotatable bonds is 8. The number of nitrogens with zero attached hydrogens (tertiary/aromatic N) is 3. The Morgan fingerprint density at radius 2 is 2.00 bits per heavy atom. The van der Waals surface area contributed by atoms with Crippen LogP contribution in [-0.2, 0) is 24.1 Å². The van der Waals surface area contributed by atoms with Crippen LogP contribution in [0.25, 0.3) is 11.3 Å². The highest BCUT2D eigenvalue weighted by atomic mass is 32.2. The minimum atomic E-state index is -1.26. The maximum atomic E-state index is 14.8. The lowest BCUT2D eigenvalue weighted by Crippen LogP contribution is -2.53. The molecule has 7 nitrogen and oxygen atoms in total. The Hall–Kier alpha value is -2.72. The number of anilines is 1. The molecule has 1 aromatic heterocycles. The van der Waals surface area contributed by atoms with Gasteiger partial charge in [0.2, 0.25) is 5.95 Å². The average molecular weight is 498 g/mol. The van der Waals surface area contributed by atoms with Crippen molar-refractivity contribution in [1.29, 1.82) is 0 Å². The third kappa shape index (κ3) is 6.49. The number of aromatic nitrogens is 2. The number of nitrogens with one attached hydrogen (secondary N) is 2. The van der Waals surface area contributed by atoms with E-state index < -0.39 is 11.2 Å². The van der Waals surface area contributed by atoms with Gasteiger partial charge in [0.1, 0.15) is 12.1 Å². The third-order valence-corrected chi connectivity index (χ3v) is 7.22. The van der Waals surface area contributed by atoms with Crippen molar-refractivity contribution in [3.8, 4) is 17.0 Å². The first-order valence-corrected chi connectivity index (χ1v) is 13.3. The van der Waals surface area contributed by atoms with Crippen LogP contribution in [0.1, 0.15) is 25.0 Å². The van der Waals surface area contributed by atoms with Crippen molar-refractivity contribution in [1.82, 2.24) is 20.2 Å². The standard InChI is InChI=1S/C26H32FN5O2S/c1-17-15-32(18(2)14-30-17)16-20-4-6-22(27)21(12-20)23-9-11-29-26(31-23)28-10-8-19-5-7-24(33)25(13-19)35(3)34/h4-7,9,11-13,17-18,30,33H,8,10,14-16H2,1-3H3,(H,28,29,31)/t17-,18-,35?/m0/s1. The van der Waals surface area contributed by atoms with Gasteiger partial charge in [0.25, 0.3) is 0 Å². The van der Waals surface area contributed by atoms with Crippen molar-refractivity contribution < 1.29 is 14.0 Å². The summed E-state index contributed by atoms with van der Waals surface area (Å²) in [6, 6.07) is 12.9. The SMILES string of the molecule is C[C@H]1CN(Cc2ccc(F)c(-c3ccnc(NCCc4ccc(O)c([S+](C)[O-])c4)n3)c2)[C@@H](C)CN1. The zero-order chi connectivity index (χ0) is 24.9. The number of phenols is 1. The van der Waals surface area contributed by atoms with Gasteiger partial charge in [-0.3, -0.25) is 4.90 Å². The highest BCUT2D eigenvalue weighted by Gasteiger charge is 2.22. The normalized spacial score (nSPS) is 19.5. The van der Waals surface area contributed by atoms with E-state index in [1.807, 2.05) is 12.1 Å². The predicted molar refractivity (Wildman–Crippen MR) is 137 cm³/mol. The van der Waals surface area contributed by atoms with Crippen molar-refractivity contribution in [3.63, 3.8) is 0 Å². The Kier molecular flexibility index (Phi) is 8.22. The Morgan fingerprint density at radius 1 is 1.20 bits per heavy atom. The summed E-state index contributed by atoms with van der Waals surface area (Å²) in [6.45, 7) is 7.56. The Morgan fingerprint density at radius 3 is 2.80 bits per heavy atom. The van der Waals surface area contributed by atoms with Gasteiger partial charge in [0.05, 0.1) is 5.69 Å². The molecular weight excluding hydrogens is 465 g/mol. The van der Waals surface area contributed by atoms with E-state index in [-0.39, 0.29) is 11.6 Å². The van der Waals surface area contributed by atoms with Gasteiger partial charge in [-0.25, -0.2) is 14.4 Å². The molecule has 3 aromatic rings. The molecule has 0 amide bonds. The van der Waals surface area contributed by atoms with Crippen LogP contribution >= 0.6 is 0 Å². The van der Waals surface area contributed by atoms with E-state index >= 15 is 0 Å². The minimum absolute atomic E-state index is 0.0313. The highest BCUT2D eigenvalue weighted by molar-refractivity contribution is 7.90. The molecule has 3 atom stereocenters. The number of aromatic hydroxyl groups is 1. The zero-order valence-corrected chi connectivity index (χ0v) is 21.1. The molecule has 1 unspecified atom stereocenters. The van der Waals surface area contributed by atoms with E-state index in [1.165, 1.54) is 12.3 Å². The van der Waals surface area contributed by atoms with Crippen LogP contribution in [-0.4, -0.2) is 62.5 Å². The van der Waals surface area contributed by atoms with E-state index in [2.05, 4.69) is 39.3 Å². The van der Waals surface area contributed by atoms with Gasteiger partial charge < -0.3 is 20.3 Å². The van der Waals surface area contributed by atoms with Crippen LogP contribution in [0.15, 0.2) is 53.6 Å². The van der Waals surface area contributed by atoms with Gasteiger partial charge in [0, 0.05) is 56.1 Å². The summed E-state index contributed by atoms with van der Waals surface area (Å²) < 4.78 is 26.5. The van der Waals surface area contributed by atoms with Crippen LogP contribution in [0.5, 0.6) is 5.75 Å². The zero-order valence-electron chi connectivity index (χ0n) is 20.3. The van der Waals surface area contributed by atoms with Crippen LogP contribution < -0.4 is 10.6 Å². The van der Waals surface area contributed by atoms with E-state index in [0.29, 0.717) is 47.2 Å². The number of halogens is 1. The largest absolute Gasteiger partial charge is 0.612 e. The highest BCUT2D eigenvalue weighted by Crippen LogP contribution is 2.25. The number of phenolic OH excluding ortho intramolecular Hbond substituents is 1. The predicted octanol–water partition coefficient (Wildman–Crippen LogP) is 3.56. The van der Waals surface area contributed by atoms with Gasteiger partial charge in [-0.2, -0.15) is 0 Å². The van der Waals surface area contributed by atoms with Gasteiger partial charge >= 0.3 is 0 Å². The fourth-order valence-corrected chi connectivity index (χ4v) is 4.96. The van der Waals surface area contributed by atoms with Gasteiger partial charge in [-0.1, -0.05) is 12.1 Å². The molecule has 1 aliphatic heterocycles. The van der Waals surface area contributed by atoms with Gasteiger partial charge in [0.15, 0.2) is 10.6 Å². The van der Waals surface area contributed by atoms with Crippen LogP contribution in [0.2, 0.25) is 0 Å². The fourth-order valence-electron chi connectivity index (χ4n) is 4.28. The number of hydrogen-bond acceptors (Lipinski definition) is 7. The second kappa shape index (κ2) is 11.3. The summed E-state index contributed by atoms with van der Waals surface area (Å²) in [5, 5.41) is 16.5. The molecule has 0 spiro atoms. The molecule has 186 valence electrons. The first-order valence-electron chi connectivity index (χ1n) is 11.8. The molecule has 3 N–H and O–H groups in total. The third-order valence-electron chi connectivity index (χ3n) is 6.27. The maximum Gasteiger partial charge on any atom is 0.223 e. The molecule has 2 aromatic carbocycles. The average Bonchev–Trinajstić information content (AvgIpc) is 2.83. The van der Waals surface area contributed by atoms with E-state index in [4.69, 9.17) is 0 Å². The maximum absolute atomic E-state index is 14.8. The lowest BCUT2D eigenvalue weighted by molar-refractivity contribution is 0.139. The molecule has 0 bridgehead atoms. The van der Waals surface area contributed by atoms with Crippen molar-refractivity contribution >= 4 is 17.1 Å². The van der Waals surface area contributed by atoms with Gasteiger partial charge in [-0.15, -0.1) is 0 Å². The number of piperazine rings is 1. The quantitative estimate of drug-likeness (QED) is 0.410. The molecule has 1 fully saturated rings. The molecule has 0 saturated carbocycles. The topological polar surface area (TPSA) is 96.4 Å². The molecular formula is C26H32FN5O2S. The first kappa shape index (κ1) is 25.4. The van der Waals surface area contributed by atoms with Crippen molar-refractivity contribution in [3.05, 3.63) is 65.6 Å². The summed E-state index contributed by atoms with van der Waals surface area (Å²) in [5.74, 6) is 0.128. The smallest absolute Gasteiger partial charge is 0.223 e. The molecule has 0 radical (unpaired) electrons. The molecule has 1 saturated heterocycles. The summed E-state index contributed by atoms with van der Waals surface area (Å²) >= 11 is -1.26. The second-order valence-electron chi connectivity index (χ2n) is 9.10. The Balaban J connectivity index is 1.44. The van der Waals surface area contributed by atoms with Gasteiger partial charge in [-0.05, 0) is 66.8 Å². The molecule has 35 heavy (non-hydrogen) atoms. The summed E-state index contributed by atoms with van der Waals surface area (Å²) in [6.07, 6.45) is 3.79. The molecule has 2 heterocycles. The number of hydrogen-bond donors (Lipinski definition) is 3. The van der Waals surface area contributed by atoms with E-state index in [1.54, 1.807) is 30.5 Å². The van der Waals surface area contributed by atoms with Crippen molar-refractivity contribution in [2.24, 2.45) is 0 Å². The van der Waals surface area contributed by atoms with Crippen LogP contribution in [0, 0.1) is 5.82 Å². The van der Waals surface area contributed by atoms with Crippen LogP contribution in [0.3, 0.4) is 0 Å². The summed E-state index contributed by atoms with van der Waals surface area (Å²) in [4.78, 5) is 11.6. The minimum Gasteiger partial charge on any atom is -0.612 e. The molecule has 0 aliphatic carbocycles. The van der Waals surface area contributed by atoms with E-state index in [9.17, 15) is 14.0 Å². The van der Waals surface area contributed by atoms with Crippen molar-refractivity contribution in [2.75, 3.05) is 31.2 Å². The van der Waals surface area contributed by atoms with E-state index in [0.717, 1.165) is 30.8 Å². The Labute approximate surface area is 209 Å². The summed E-state index contributed by atoms with van der Waals surface area (Å²) in [5.41, 5.74) is 2.97.